The van der Waals surface area contributed by atoms with Crippen LogP contribution >= 0.6 is 0 Å². The molecule has 2 N–H and O–H groups in total. The summed E-state index contributed by atoms with van der Waals surface area (Å²) in [5.74, 6) is -6.18. The van der Waals surface area contributed by atoms with Gasteiger partial charge in [0, 0.05) is 6.42 Å². The summed E-state index contributed by atoms with van der Waals surface area (Å²) in [6.07, 6.45) is -7.92. The van der Waals surface area contributed by atoms with E-state index in [0.717, 1.165) is 0 Å². The Kier molecular flexibility index (Phi) is 10.6. The maximum absolute atomic E-state index is 13.1. The number of hydrogen-bond acceptors (Lipinski definition) is 6. The van der Waals surface area contributed by atoms with Gasteiger partial charge in [0.05, 0.1) is 6.54 Å². The number of benzene rings is 1. The minimum atomic E-state index is -4.69. The van der Waals surface area contributed by atoms with Crippen molar-refractivity contribution in [1.82, 2.24) is 9.80 Å². The number of carbonyl (C=O) groups excluding carboxylic acids is 2. The number of alkyl halides is 5. The summed E-state index contributed by atoms with van der Waals surface area (Å²) in [7, 11) is 0. The molecule has 0 aliphatic carbocycles. The Bertz CT molecular complexity index is 951. The maximum atomic E-state index is 13.1. The number of halogens is 5. The number of aliphatic carboxylic acids is 2. The molecule has 1 atom stereocenters. The van der Waals surface area contributed by atoms with Crippen molar-refractivity contribution < 1.29 is 60.8 Å². The van der Waals surface area contributed by atoms with E-state index in [2.05, 4.69) is 4.74 Å². The Morgan fingerprint density at radius 3 is 2.11 bits per heavy atom. The van der Waals surface area contributed by atoms with Gasteiger partial charge in [-0.05, 0) is 26.3 Å². The van der Waals surface area contributed by atoms with Gasteiger partial charge in [0.25, 0.3) is 5.92 Å². The molecule has 0 radical (unpaired) electrons. The summed E-state index contributed by atoms with van der Waals surface area (Å²) in [5, 5.41) is 17.3. The van der Waals surface area contributed by atoms with Gasteiger partial charge in [-0.2, -0.15) is 13.2 Å². The highest BCUT2D eigenvalue weighted by molar-refractivity contribution is 5.81. The van der Waals surface area contributed by atoms with Crippen LogP contribution in [0.2, 0.25) is 0 Å². The van der Waals surface area contributed by atoms with Crippen molar-refractivity contribution in [1.29, 1.82) is 0 Å². The topological polar surface area (TPSA) is 134 Å². The van der Waals surface area contributed by atoms with Crippen molar-refractivity contribution in [3.05, 3.63) is 35.9 Å². The van der Waals surface area contributed by atoms with Gasteiger partial charge in [0.15, 0.2) is 0 Å². The zero-order valence-electron chi connectivity index (χ0n) is 20.1. The molecule has 15 heteroatoms. The second-order valence-electron chi connectivity index (χ2n) is 8.93. The standard InChI is InChI=1S/C12H12F3NO4.C10H15F2NO4/c13-12(14,15)8-16(6-10(17)18)11(19)20-7-9-4-2-1-3-5-9;1-9(2,3)17-8(16)13-5-10(11,12)4-6(13)7(14)15/h1-5H,6-8H2,(H,17,18);6H,4-5H2,1-3H3,(H,14,15)/t;6-/m.0/s1. The number of carbonyl (C=O) groups is 4. The molecule has 0 bridgehead atoms. The third-order valence-electron chi connectivity index (χ3n) is 4.34. The molecule has 10 nitrogen and oxygen atoms in total. The molecular formula is C22H27F5N2O8. The number of ether oxygens (including phenoxy) is 2. The lowest BCUT2D eigenvalue weighted by Crippen LogP contribution is -2.43. The highest BCUT2D eigenvalue weighted by Crippen LogP contribution is 2.33. The van der Waals surface area contributed by atoms with Crippen molar-refractivity contribution in [3.63, 3.8) is 0 Å². The number of rotatable bonds is 6. The molecule has 1 aliphatic heterocycles. The average Bonchev–Trinajstić information content (AvgIpc) is 3.06. The number of nitrogens with zero attached hydrogens (tertiary/aromatic N) is 2. The first-order valence-corrected chi connectivity index (χ1v) is 10.6. The molecule has 0 aromatic heterocycles. The Hall–Kier alpha value is -3.65. The molecule has 37 heavy (non-hydrogen) atoms. The van der Waals surface area contributed by atoms with Crippen LogP contribution in [-0.4, -0.2) is 87.5 Å². The molecule has 1 heterocycles. The van der Waals surface area contributed by atoms with E-state index in [4.69, 9.17) is 14.9 Å². The van der Waals surface area contributed by atoms with Crippen LogP contribution in [-0.2, 0) is 25.7 Å². The number of carboxylic acid groups (broad SMARTS) is 2. The largest absolute Gasteiger partial charge is 0.480 e. The number of amides is 2. The zero-order chi connectivity index (χ0) is 28.6. The molecule has 1 aromatic carbocycles. The predicted molar refractivity (Wildman–Crippen MR) is 116 cm³/mol. The zero-order valence-corrected chi connectivity index (χ0v) is 20.1. The van der Waals surface area contributed by atoms with Crippen molar-refractivity contribution in [3.8, 4) is 0 Å². The van der Waals surface area contributed by atoms with Crippen LogP contribution in [0.15, 0.2) is 30.3 Å². The lowest BCUT2D eigenvalue weighted by atomic mass is 10.2. The lowest BCUT2D eigenvalue weighted by Gasteiger charge is -2.26. The van der Waals surface area contributed by atoms with Crippen molar-refractivity contribution in [2.24, 2.45) is 0 Å². The first-order valence-electron chi connectivity index (χ1n) is 10.6. The molecule has 1 fully saturated rings. The summed E-state index contributed by atoms with van der Waals surface area (Å²) in [4.78, 5) is 44.9. The van der Waals surface area contributed by atoms with Crippen LogP contribution < -0.4 is 0 Å². The first kappa shape index (κ1) is 31.4. The summed E-state index contributed by atoms with van der Waals surface area (Å²) >= 11 is 0. The van der Waals surface area contributed by atoms with Crippen LogP contribution in [0.25, 0.3) is 0 Å². The monoisotopic (exact) mass is 542 g/mol. The normalized spacial score (nSPS) is 16.8. The third-order valence-corrected chi connectivity index (χ3v) is 4.34. The van der Waals surface area contributed by atoms with Crippen LogP contribution in [0, 0.1) is 0 Å². The molecule has 1 saturated heterocycles. The fraction of sp³-hybridized carbons (Fsp3) is 0.545. The average molecular weight is 542 g/mol. The van der Waals surface area contributed by atoms with E-state index in [-0.39, 0.29) is 11.5 Å². The quantitative estimate of drug-likeness (QED) is 0.516. The predicted octanol–water partition coefficient (Wildman–Crippen LogP) is 3.99. The second kappa shape index (κ2) is 12.5. The minimum absolute atomic E-state index is 0.0886. The molecule has 208 valence electrons. The van der Waals surface area contributed by atoms with E-state index in [1.54, 1.807) is 51.1 Å². The van der Waals surface area contributed by atoms with Gasteiger partial charge < -0.3 is 19.7 Å². The smallest absolute Gasteiger partial charge is 0.411 e. The molecule has 1 aliphatic rings. The Morgan fingerprint density at radius 1 is 1.08 bits per heavy atom. The molecular weight excluding hydrogens is 515 g/mol. The molecule has 0 unspecified atom stereocenters. The highest BCUT2D eigenvalue weighted by Gasteiger charge is 2.51. The summed E-state index contributed by atoms with van der Waals surface area (Å²) in [5.41, 5.74) is -0.263. The second-order valence-corrected chi connectivity index (χ2v) is 8.93. The van der Waals surface area contributed by atoms with Gasteiger partial charge in [-0.15, -0.1) is 0 Å². The van der Waals surface area contributed by atoms with Crippen molar-refractivity contribution in [2.45, 2.75) is 57.5 Å². The SMILES string of the molecule is CC(C)(C)OC(=O)N1CC(F)(F)C[C@H]1C(=O)O.O=C(O)CN(CC(F)(F)F)C(=O)OCc1ccccc1. The van der Waals surface area contributed by atoms with Crippen LogP contribution in [0.3, 0.4) is 0 Å². The summed E-state index contributed by atoms with van der Waals surface area (Å²) in [6, 6.07) is 6.80. The third kappa shape index (κ3) is 12.2. The van der Waals surface area contributed by atoms with Crippen LogP contribution in [0.4, 0.5) is 31.5 Å². The lowest BCUT2D eigenvalue weighted by molar-refractivity contribution is -0.151. The van der Waals surface area contributed by atoms with Crippen LogP contribution in [0.5, 0.6) is 0 Å². The van der Waals surface area contributed by atoms with E-state index in [1.807, 2.05) is 0 Å². The van der Waals surface area contributed by atoms with Gasteiger partial charge in [0.2, 0.25) is 0 Å². The maximum Gasteiger partial charge on any atom is 0.411 e. The van der Waals surface area contributed by atoms with Gasteiger partial charge in [-0.1, -0.05) is 30.3 Å². The van der Waals surface area contributed by atoms with Gasteiger partial charge >= 0.3 is 30.3 Å². The number of carboxylic acids is 2. The Balaban J connectivity index is 0.000000375. The van der Waals surface area contributed by atoms with E-state index in [0.29, 0.717) is 10.5 Å². The fourth-order valence-corrected chi connectivity index (χ4v) is 2.93. The highest BCUT2D eigenvalue weighted by atomic mass is 19.4. The van der Waals surface area contributed by atoms with E-state index in [9.17, 15) is 41.1 Å². The van der Waals surface area contributed by atoms with Gasteiger partial charge in [0.1, 0.15) is 31.3 Å². The van der Waals surface area contributed by atoms with Crippen LogP contribution in [0.1, 0.15) is 32.8 Å². The fourth-order valence-electron chi connectivity index (χ4n) is 2.93. The Labute approximate surface area is 208 Å². The van der Waals surface area contributed by atoms with Crippen molar-refractivity contribution >= 4 is 24.1 Å². The molecule has 0 saturated carbocycles. The Morgan fingerprint density at radius 2 is 1.65 bits per heavy atom. The molecule has 2 rings (SSSR count). The summed E-state index contributed by atoms with van der Waals surface area (Å²) in [6.45, 7) is 0.839. The van der Waals surface area contributed by atoms with E-state index >= 15 is 0 Å². The number of likely N-dealkylation sites (tertiary alicyclic amines) is 1. The van der Waals surface area contributed by atoms with E-state index in [1.165, 1.54) is 0 Å². The summed E-state index contributed by atoms with van der Waals surface area (Å²) < 4.78 is 72.4. The number of hydrogen-bond donors (Lipinski definition) is 2. The van der Waals surface area contributed by atoms with Crippen molar-refractivity contribution in [2.75, 3.05) is 19.6 Å². The molecule has 0 spiro atoms. The first-order chi connectivity index (χ1) is 16.8. The minimum Gasteiger partial charge on any atom is -0.480 e. The van der Waals surface area contributed by atoms with Gasteiger partial charge in [-0.25, -0.2) is 23.2 Å². The molecule has 1 aromatic rings. The van der Waals surface area contributed by atoms with E-state index < -0.39 is 73.9 Å². The van der Waals surface area contributed by atoms with Gasteiger partial charge in [-0.3, -0.25) is 14.6 Å². The molecule has 2 amide bonds.